The Balaban J connectivity index is 0. The third kappa shape index (κ3) is 10.5. The van der Waals surface area contributed by atoms with Gasteiger partial charge in [-0.1, -0.05) is 0 Å². The lowest BCUT2D eigenvalue weighted by molar-refractivity contribution is -0.167. The molecule has 0 saturated carbocycles. The summed E-state index contributed by atoms with van der Waals surface area (Å²) in [6.07, 6.45) is -7.14. The quantitative estimate of drug-likeness (QED) is 0.212. The summed E-state index contributed by atoms with van der Waals surface area (Å²) < 4.78 is 36.0. The molecular formula is C7H14O11S. The first-order valence-corrected chi connectivity index (χ1v) is 5.80. The lowest BCUT2D eigenvalue weighted by Crippen LogP contribution is -2.49. The molecule has 0 unspecified atom stereocenters. The van der Waals surface area contributed by atoms with Crippen molar-refractivity contribution < 1.29 is 52.3 Å². The van der Waals surface area contributed by atoms with Crippen molar-refractivity contribution in [3.8, 4) is 0 Å². The van der Waals surface area contributed by atoms with Gasteiger partial charge < -0.3 is 30.0 Å². The topological polar surface area (TPSA) is 199 Å². The first-order chi connectivity index (χ1) is 8.45. The van der Waals surface area contributed by atoms with E-state index in [9.17, 15) is 9.59 Å². The molecule has 4 atom stereocenters. The number of carboxylic acids is 1. The van der Waals surface area contributed by atoms with E-state index in [1.54, 1.807) is 0 Å². The first kappa shape index (κ1) is 20.2. The van der Waals surface area contributed by atoms with E-state index in [0.29, 0.717) is 0 Å². The number of aliphatic hydroxyl groups is 3. The molecule has 0 aliphatic carbocycles. The smallest absolute Gasteiger partial charge is 0.394 e. The highest BCUT2D eigenvalue weighted by atomic mass is 32.3. The number of carbonyl (C=O) groups excluding carboxylic acids is 1. The number of aliphatic carboxylic acids is 1. The van der Waals surface area contributed by atoms with Gasteiger partial charge in [-0.2, -0.15) is 8.42 Å². The summed E-state index contributed by atoms with van der Waals surface area (Å²) in [5.74, 6) is -1.62. The average Bonchev–Trinajstić information content (AvgIpc) is 2.26. The highest BCUT2D eigenvalue weighted by molar-refractivity contribution is 7.79. The Bertz CT molecular complexity index is 369. The van der Waals surface area contributed by atoms with Gasteiger partial charge in [0.25, 0.3) is 0 Å². The molecule has 0 aliphatic heterocycles. The molecule has 0 aromatic carbocycles. The lowest BCUT2D eigenvalue weighted by Gasteiger charge is -2.24. The predicted octanol–water partition coefficient (Wildman–Crippen LogP) is -3.29. The van der Waals surface area contributed by atoms with Crippen LogP contribution in [0, 0.1) is 0 Å². The number of aldehydes is 1. The summed E-state index contributed by atoms with van der Waals surface area (Å²) in [5.41, 5.74) is 0. The molecule has 0 spiro atoms. The maximum absolute atomic E-state index is 10.3. The van der Waals surface area contributed by atoms with Crippen molar-refractivity contribution in [2.24, 2.45) is 0 Å². The monoisotopic (exact) mass is 306 g/mol. The fourth-order valence-corrected chi connectivity index (χ4v) is 0.870. The Morgan fingerprint density at radius 3 is 1.79 bits per heavy atom. The van der Waals surface area contributed by atoms with E-state index in [1.807, 2.05) is 0 Å². The van der Waals surface area contributed by atoms with Gasteiger partial charge in [-0.15, -0.1) is 0 Å². The van der Waals surface area contributed by atoms with Crippen LogP contribution < -0.4 is 0 Å². The van der Waals surface area contributed by atoms with E-state index in [4.69, 9.17) is 37.9 Å². The predicted molar refractivity (Wildman–Crippen MR) is 56.7 cm³/mol. The van der Waals surface area contributed by atoms with E-state index in [2.05, 4.69) is 4.74 Å². The zero-order valence-electron chi connectivity index (χ0n) is 9.52. The molecule has 0 saturated heterocycles. The fourth-order valence-electron chi connectivity index (χ4n) is 0.870. The van der Waals surface area contributed by atoms with E-state index in [0.717, 1.165) is 7.11 Å². The SMILES string of the molecule is CO[C@@H]([C@H](O)[C@@H](O)C=O)[C@H](O)C(=O)O.O=S(=O)(O)O. The number of hydrogen-bond acceptors (Lipinski definition) is 8. The van der Waals surface area contributed by atoms with Gasteiger partial charge in [-0.05, 0) is 0 Å². The minimum absolute atomic E-state index is 0.0191. The normalized spacial score (nSPS) is 17.4. The van der Waals surface area contributed by atoms with Crippen LogP contribution in [0.5, 0.6) is 0 Å². The molecule has 11 nitrogen and oxygen atoms in total. The maximum Gasteiger partial charge on any atom is 0.394 e. The molecule has 6 N–H and O–H groups in total. The number of aliphatic hydroxyl groups excluding tert-OH is 3. The third-order valence-corrected chi connectivity index (χ3v) is 1.66. The minimum atomic E-state index is -4.67. The number of rotatable bonds is 6. The summed E-state index contributed by atoms with van der Waals surface area (Å²) in [6, 6.07) is 0. The molecule has 114 valence electrons. The number of ether oxygens (including phenoxy) is 1. The van der Waals surface area contributed by atoms with Crippen molar-refractivity contribution >= 4 is 22.7 Å². The Labute approximate surface area is 107 Å². The minimum Gasteiger partial charge on any atom is -0.479 e. The van der Waals surface area contributed by atoms with Crippen LogP contribution in [-0.4, -0.2) is 81.7 Å². The Kier molecular flexibility index (Phi) is 9.41. The van der Waals surface area contributed by atoms with Crippen molar-refractivity contribution in [1.82, 2.24) is 0 Å². The number of methoxy groups -OCH3 is 1. The van der Waals surface area contributed by atoms with Gasteiger partial charge in [0.15, 0.2) is 12.4 Å². The van der Waals surface area contributed by atoms with Crippen LogP contribution in [0.4, 0.5) is 0 Å². The van der Waals surface area contributed by atoms with Crippen molar-refractivity contribution in [3.63, 3.8) is 0 Å². The number of hydrogen-bond donors (Lipinski definition) is 6. The van der Waals surface area contributed by atoms with E-state index < -0.39 is 40.8 Å². The molecule has 0 rings (SSSR count). The zero-order valence-corrected chi connectivity index (χ0v) is 10.3. The van der Waals surface area contributed by atoms with Crippen LogP contribution in [0.3, 0.4) is 0 Å². The Morgan fingerprint density at radius 2 is 1.58 bits per heavy atom. The van der Waals surface area contributed by atoms with E-state index in [-0.39, 0.29) is 6.29 Å². The van der Waals surface area contributed by atoms with Gasteiger partial charge in [0, 0.05) is 7.11 Å². The van der Waals surface area contributed by atoms with Gasteiger partial charge in [-0.3, -0.25) is 9.11 Å². The highest BCUT2D eigenvalue weighted by Gasteiger charge is 2.35. The Hall–Kier alpha value is -1.15. The summed E-state index contributed by atoms with van der Waals surface area (Å²) in [5, 5.41) is 35.4. The third-order valence-electron chi connectivity index (χ3n) is 1.66. The maximum atomic E-state index is 10.3. The number of carbonyl (C=O) groups is 2. The van der Waals surface area contributed by atoms with E-state index in [1.165, 1.54) is 0 Å². The molecule has 0 heterocycles. The van der Waals surface area contributed by atoms with Gasteiger partial charge in [-0.25, -0.2) is 4.79 Å². The second kappa shape index (κ2) is 8.87. The average molecular weight is 306 g/mol. The molecule has 0 radical (unpaired) electrons. The van der Waals surface area contributed by atoms with Crippen LogP contribution in [0.15, 0.2) is 0 Å². The first-order valence-electron chi connectivity index (χ1n) is 4.40. The second-order valence-electron chi connectivity index (χ2n) is 3.05. The standard InChI is InChI=1S/C7H12O7.H2O4S/c1-14-6(5(11)7(12)13)4(10)3(9)2-8;1-5(2,3)4/h2-6,9-11H,1H3,(H,12,13);(H2,1,2,3,4)/t3-,4+,5-,6-;/m0./s1. The molecule has 0 aromatic heterocycles. The van der Waals surface area contributed by atoms with Gasteiger partial charge in [0.1, 0.15) is 18.3 Å². The molecular weight excluding hydrogens is 292 g/mol. The number of carboxylic acid groups (broad SMARTS) is 1. The zero-order chi connectivity index (χ0) is 15.8. The fraction of sp³-hybridized carbons (Fsp3) is 0.714. The van der Waals surface area contributed by atoms with E-state index >= 15 is 0 Å². The summed E-state index contributed by atoms with van der Waals surface area (Å²) >= 11 is 0. The van der Waals surface area contributed by atoms with Gasteiger partial charge in [0.2, 0.25) is 0 Å². The second-order valence-corrected chi connectivity index (χ2v) is 3.94. The summed E-state index contributed by atoms with van der Waals surface area (Å²) in [4.78, 5) is 20.4. The molecule has 12 heteroatoms. The van der Waals surface area contributed by atoms with Crippen molar-refractivity contribution in [2.45, 2.75) is 24.4 Å². The molecule has 0 fully saturated rings. The van der Waals surface area contributed by atoms with Gasteiger partial charge in [0.05, 0.1) is 0 Å². The Morgan fingerprint density at radius 1 is 1.21 bits per heavy atom. The largest absolute Gasteiger partial charge is 0.479 e. The molecule has 19 heavy (non-hydrogen) atoms. The van der Waals surface area contributed by atoms with Crippen LogP contribution >= 0.6 is 0 Å². The highest BCUT2D eigenvalue weighted by Crippen LogP contribution is 2.08. The van der Waals surface area contributed by atoms with Crippen molar-refractivity contribution in [1.29, 1.82) is 0 Å². The van der Waals surface area contributed by atoms with Gasteiger partial charge >= 0.3 is 16.4 Å². The van der Waals surface area contributed by atoms with Crippen molar-refractivity contribution in [2.75, 3.05) is 7.11 Å². The molecule has 0 aromatic rings. The van der Waals surface area contributed by atoms with Crippen LogP contribution in [0.2, 0.25) is 0 Å². The molecule has 0 aliphatic rings. The summed E-state index contributed by atoms with van der Waals surface area (Å²) in [7, 11) is -3.63. The molecule has 0 amide bonds. The van der Waals surface area contributed by atoms with Crippen LogP contribution in [-0.2, 0) is 24.7 Å². The van der Waals surface area contributed by atoms with Crippen LogP contribution in [0.1, 0.15) is 0 Å². The molecule has 0 bridgehead atoms. The summed E-state index contributed by atoms with van der Waals surface area (Å²) in [6.45, 7) is 0. The lowest BCUT2D eigenvalue weighted by atomic mass is 10.0. The van der Waals surface area contributed by atoms with Crippen molar-refractivity contribution in [3.05, 3.63) is 0 Å². The van der Waals surface area contributed by atoms with Crippen LogP contribution in [0.25, 0.3) is 0 Å².